The van der Waals surface area contributed by atoms with E-state index in [-0.39, 0.29) is 5.76 Å². The van der Waals surface area contributed by atoms with Crippen molar-refractivity contribution in [2.45, 2.75) is 0 Å². The Bertz CT molecular complexity index is 298. The molecule has 1 heterocycles. The van der Waals surface area contributed by atoms with Crippen LogP contribution < -0.4 is 0 Å². The highest BCUT2D eigenvalue weighted by Gasteiger charge is 1.94. The molecule has 0 fully saturated rings. The summed E-state index contributed by atoms with van der Waals surface area (Å²) in [6, 6.07) is 4.99. The second-order valence-corrected chi connectivity index (χ2v) is 1.89. The monoisotopic (exact) mass is 146 g/mol. The van der Waals surface area contributed by atoms with E-state index in [1.54, 1.807) is 30.6 Å². The van der Waals surface area contributed by atoms with Gasteiger partial charge in [-0.3, -0.25) is 4.98 Å². The Morgan fingerprint density at radius 3 is 2.73 bits per heavy atom. The maximum Gasteiger partial charge on any atom is 0.133 e. The zero-order chi connectivity index (χ0) is 8.10. The molecular formula is C8H6N2O. The molecule has 0 saturated heterocycles. The second kappa shape index (κ2) is 3.37. The van der Waals surface area contributed by atoms with E-state index in [0.717, 1.165) is 6.08 Å². The third kappa shape index (κ3) is 1.80. The fraction of sp³-hybridized carbons (Fsp3) is 0. The van der Waals surface area contributed by atoms with Crippen molar-refractivity contribution < 1.29 is 5.11 Å². The minimum absolute atomic E-state index is 0.0325. The molecule has 0 atom stereocenters. The van der Waals surface area contributed by atoms with E-state index < -0.39 is 0 Å². The summed E-state index contributed by atoms with van der Waals surface area (Å²) in [7, 11) is 0. The maximum atomic E-state index is 9.13. The van der Waals surface area contributed by atoms with Crippen molar-refractivity contribution in [2.75, 3.05) is 0 Å². The summed E-state index contributed by atoms with van der Waals surface area (Å²) >= 11 is 0. The van der Waals surface area contributed by atoms with Gasteiger partial charge in [0.05, 0.1) is 12.1 Å². The number of aliphatic hydroxyl groups is 1. The van der Waals surface area contributed by atoms with Gasteiger partial charge in [-0.25, -0.2) is 0 Å². The Morgan fingerprint density at radius 1 is 1.55 bits per heavy atom. The number of hydrogen-bond donors (Lipinski definition) is 1. The minimum atomic E-state index is -0.0325. The summed E-state index contributed by atoms with van der Waals surface area (Å²) < 4.78 is 0. The highest BCUT2D eigenvalue weighted by molar-refractivity contribution is 5.59. The van der Waals surface area contributed by atoms with Crippen LogP contribution in [0.5, 0.6) is 0 Å². The Kier molecular flexibility index (Phi) is 2.24. The molecule has 0 aliphatic rings. The molecule has 0 aromatic carbocycles. The number of nitriles is 1. The molecule has 1 rings (SSSR count). The highest BCUT2D eigenvalue weighted by Crippen LogP contribution is 2.07. The molecule has 1 aromatic heterocycles. The molecule has 3 nitrogen and oxygen atoms in total. The molecule has 0 aliphatic heterocycles. The van der Waals surface area contributed by atoms with Crippen LogP contribution in [0.3, 0.4) is 0 Å². The fourth-order valence-electron chi connectivity index (χ4n) is 0.667. The maximum absolute atomic E-state index is 9.13. The predicted octanol–water partition coefficient (Wildman–Crippen LogP) is 1.50. The summed E-state index contributed by atoms with van der Waals surface area (Å²) in [6.45, 7) is 0. The number of aliphatic hydroxyl groups excluding tert-OH is 1. The summed E-state index contributed by atoms with van der Waals surface area (Å²) in [5.74, 6) is -0.0325. The number of pyridine rings is 1. The highest BCUT2D eigenvalue weighted by atomic mass is 16.3. The van der Waals surface area contributed by atoms with Crippen LogP contribution in [0.25, 0.3) is 5.76 Å². The van der Waals surface area contributed by atoms with Gasteiger partial charge in [0.25, 0.3) is 0 Å². The molecule has 0 spiro atoms. The average molecular weight is 146 g/mol. The van der Waals surface area contributed by atoms with Gasteiger partial charge in [0.1, 0.15) is 5.76 Å². The Labute approximate surface area is 64.2 Å². The van der Waals surface area contributed by atoms with E-state index in [2.05, 4.69) is 4.98 Å². The Balaban J connectivity index is 2.96. The van der Waals surface area contributed by atoms with Crippen molar-refractivity contribution >= 4 is 5.76 Å². The van der Waals surface area contributed by atoms with E-state index in [1.165, 1.54) is 0 Å². The van der Waals surface area contributed by atoms with Crippen molar-refractivity contribution in [2.24, 2.45) is 0 Å². The molecule has 1 N–H and O–H groups in total. The smallest absolute Gasteiger partial charge is 0.133 e. The fourth-order valence-corrected chi connectivity index (χ4v) is 0.667. The van der Waals surface area contributed by atoms with Crippen LogP contribution >= 0.6 is 0 Å². The number of allylic oxidation sites excluding steroid dienone is 1. The summed E-state index contributed by atoms with van der Waals surface area (Å²) in [6.07, 6.45) is 4.18. The number of rotatable bonds is 1. The minimum Gasteiger partial charge on any atom is -0.507 e. The first-order valence-electron chi connectivity index (χ1n) is 3.03. The topological polar surface area (TPSA) is 56.9 Å². The molecule has 11 heavy (non-hydrogen) atoms. The molecule has 3 heteroatoms. The first-order valence-corrected chi connectivity index (χ1v) is 3.03. The van der Waals surface area contributed by atoms with Gasteiger partial charge < -0.3 is 5.11 Å². The lowest BCUT2D eigenvalue weighted by molar-refractivity contribution is 0.512. The summed E-state index contributed by atoms with van der Waals surface area (Å²) in [5, 5.41) is 17.3. The normalized spacial score (nSPS) is 10.6. The van der Waals surface area contributed by atoms with Gasteiger partial charge in [-0.15, -0.1) is 0 Å². The SMILES string of the molecule is N#C/C=C(\O)c1ccncc1. The third-order valence-corrected chi connectivity index (χ3v) is 1.18. The van der Waals surface area contributed by atoms with Gasteiger partial charge >= 0.3 is 0 Å². The van der Waals surface area contributed by atoms with Crippen LogP contribution in [0.15, 0.2) is 30.6 Å². The van der Waals surface area contributed by atoms with Crippen molar-refractivity contribution in [3.05, 3.63) is 36.2 Å². The molecule has 54 valence electrons. The van der Waals surface area contributed by atoms with Crippen molar-refractivity contribution in [1.29, 1.82) is 5.26 Å². The average Bonchev–Trinajstić information content (AvgIpc) is 2.07. The van der Waals surface area contributed by atoms with Crippen LogP contribution in [0.2, 0.25) is 0 Å². The quantitative estimate of drug-likeness (QED) is 0.482. The molecule has 1 aromatic rings. The van der Waals surface area contributed by atoms with Gasteiger partial charge in [-0.1, -0.05) is 0 Å². The van der Waals surface area contributed by atoms with Crippen LogP contribution in [0.4, 0.5) is 0 Å². The van der Waals surface area contributed by atoms with Crippen LogP contribution in [0.1, 0.15) is 5.56 Å². The number of aromatic nitrogens is 1. The lowest BCUT2D eigenvalue weighted by Crippen LogP contribution is -1.81. The van der Waals surface area contributed by atoms with Gasteiger partial charge in [-0.05, 0) is 12.1 Å². The van der Waals surface area contributed by atoms with Crippen LogP contribution in [-0.4, -0.2) is 10.1 Å². The zero-order valence-corrected chi connectivity index (χ0v) is 5.73. The van der Waals surface area contributed by atoms with Crippen molar-refractivity contribution in [1.82, 2.24) is 4.98 Å². The summed E-state index contributed by atoms with van der Waals surface area (Å²) in [5.41, 5.74) is 0.599. The van der Waals surface area contributed by atoms with Gasteiger partial charge in [0.2, 0.25) is 0 Å². The summed E-state index contributed by atoms with van der Waals surface area (Å²) in [4.78, 5) is 3.77. The van der Waals surface area contributed by atoms with Crippen LogP contribution in [-0.2, 0) is 0 Å². The molecule has 0 bridgehead atoms. The first-order chi connectivity index (χ1) is 5.34. The van der Waals surface area contributed by atoms with E-state index in [9.17, 15) is 0 Å². The lowest BCUT2D eigenvalue weighted by Gasteiger charge is -1.94. The number of hydrogen-bond acceptors (Lipinski definition) is 3. The molecular weight excluding hydrogens is 140 g/mol. The predicted molar refractivity (Wildman–Crippen MR) is 40.5 cm³/mol. The largest absolute Gasteiger partial charge is 0.507 e. The molecule has 0 amide bonds. The standard InChI is InChI=1S/C8H6N2O/c9-4-1-8(11)7-2-5-10-6-3-7/h1-3,5-6,11H/b8-1-. The van der Waals surface area contributed by atoms with E-state index in [4.69, 9.17) is 10.4 Å². The number of nitrogens with zero attached hydrogens (tertiary/aromatic N) is 2. The molecule has 0 radical (unpaired) electrons. The van der Waals surface area contributed by atoms with Gasteiger partial charge in [-0.2, -0.15) is 5.26 Å². The van der Waals surface area contributed by atoms with E-state index in [1.807, 2.05) is 0 Å². The van der Waals surface area contributed by atoms with Crippen molar-refractivity contribution in [3.8, 4) is 6.07 Å². The van der Waals surface area contributed by atoms with Gasteiger partial charge in [0, 0.05) is 18.0 Å². The Morgan fingerprint density at radius 2 is 2.18 bits per heavy atom. The third-order valence-electron chi connectivity index (χ3n) is 1.18. The Hall–Kier alpha value is -1.82. The first kappa shape index (κ1) is 7.29. The molecule has 0 unspecified atom stereocenters. The molecule has 0 aliphatic carbocycles. The van der Waals surface area contributed by atoms with Gasteiger partial charge in [0.15, 0.2) is 0 Å². The van der Waals surface area contributed by atoms with Crippen LogP contribution in [0, 0.1) is 11.3 Å². The van der Waals surface area contributed by atoms with Crippen molar-refractivity contribution in [3.63, 3.8) is 0 Å². The second-order valence-electron chi connectivity index (χ2n) is 1.89. The van der Waals surface area contributed by atoms with E-state index in [0.29, 0.717) is 5.56 Å². The zero-order valence-electron chi connectivity index (χ0n) is 5.73. The lowest BCUT2D eigenvalue weighted by atomic mass is 10.2. The van der Waals surface area contributed by atoms with E-state index >= 15 is 0 Å². The molecule has 0 saturated carbocycles.